The average Bonchev–Trinajstić information content (AvgIpc) is 2.74. The number of aliphatic hydroxyl groups excluding tert-OH is 4. The zero-order valence-corrected chi connectivity index (χ0v) is 16.3. The van der Waals surface area contributed by atoms with Crippen LogP contribution in [0, 0.1) is 0 Å². The van der Waals surface area contributed by atoms with Crippen molar-refractivity contribution >= 4 is 11.8 Å². The molecule has 28 heavy (non-hydrogen) atoms. The van der Waals surface area contributed by atoms with Gasteiger partial charge < -0.3 is 25.2 Å². The number of fused-ring (bicyclic) bond motifs is 1. The van der Waals surface area contributed by atoms with Gasteiger partial charge in [-0.15, -0.1) is 0 Å². The molecule has 0 amide bonds. The summed E-state index contributed by atoms with van der Waals surface area (Å²) < 4.78 is 5.63. The number of thioether (sulfide) groups is 1. The molecule has 2 aromatic carbocycles. The van der Waals surface area contributed by atoms with Gasteiger partial charge in [-0.05, 0) is 48.1 Å². The number of aliphatic hydroxyl groups is 4. The van der Waals surface area contributed by atoms with Gasteiger partial charge in [0.1, 0.15) is 29.9 Å². The van der Waals surface area contributed by atoms with E-state index in [-0.39, 0.29) is 0 Å². The van der Waals surface area contributed by atoms with Crippen molar-refractivity contribution in [1.29, 1.82) is 0 Å². The largest absolute Gasteiger partial charge is 0.394 e. The lowest BCUT2D eigenvalue weighted by atomic mass is 9.79. The lowest BCUT2D eigenvalue weighted by Gasteiger charge is -2.39. The van der Waals surface area contributed by atoms with Crippen molar-refractivity contribution in [2.75, 3.05) is 6.61 Å². The Morgan fingerprint density at radius 1 is 0.964 bits per heavy atom. The van der Waals surface area contributed by atoms with Gasteiger partial charge in [-0.2, -0.15) is 0 Å². The van der Waals surface area contributed by atoms with Crippen LogP contribution in [0.1, 0.15) is 35.4 Å². The van der Waals surface area contributed by atoms with Crippen LogP contribution in [0.5, 0.6) is 0 Å². The highest BCUT2D eigenvalue weighted by Gasteiger charge is 2.43. The van der Waals surface area contributed by atoms with E-state index in [9.17, 15) is 20.4 Å². The molecule has 0 bridgehead atoms. The summed E-state index contributed by atoms with van der Waals surface area (Å²) in [4.78, 5) is 0.921. The van der Waals surface area contributed by atoms with E-state index in [2.05, 4.69) is 36.4 Å². The number of aryl methyl sites for hydroxylation is 1. The van der Waals surface area contributed by atoms with E-state index < -0.39 is 36.5 Å². The van der Waals surface area contributed by atoms with Crippen molar-refractivity contribution < 1.29 is 25.2 Å². The van der Waals surface area contributed by atoms with Crippen LogP contribution in [-0.4, -0.2) is 56.9 Å². The summed E-state index contributed by atoms with van der Waals surface area (Å²) >= 11 is 1.30. The smallest absolute Gasteiger partial charge is 0.136 e. The molecule has 1 saturated heterocycles. The first kappa shape index (κ1) is 19.9. The summed E-state index contributed by atoms with van der Waals surface area (Å²) in [6.07, 6.45) is -1.42. The van der Waals surface area contributed by atoms with Crippen LogP contribution in [0.15, 0.2) is 53.4 Å². The molecule has 6 atom stereocenters. The molecule has 1 heterocycles. The Hall–Kier alpha value is -1.41. The van der Waals surface area contributed by atoms with Gasteiger partial charge in [0.2, 0.25) is 0 Å². The van der Waals surface area contributed by atoms with Crippen LogP contribution in [-0.2, 0) is 11.2 Å². The van der Waals surface area contributed by atoms with Gasteiger partial charge in [0, 0.05) is 10.8 Å². The first-order valence-electron chi connectivity index (χ1n) is 9.73. The zero-order valence-electron chi connectivity index (χ0n) is 15.5. The maximum atomic E-state index is 10.3. The molecule has 150 valence electrons. The van der Waals surface area contributed by atoms with Gasteiger partial charge in [0.05, 0.1) is 6.61 Å². The van der Waals surface area contributed by atoms with Crippen molar-refractivity contribution in [2.24, 2.45) is 0 Å². The average molecular weight is 403 g/mol. The molecule has 0 saturated carbocycles. The van der Waals surface area contributed by atoms with Gasteiger partial charge in [-0.25, -0.2) is 0 Å². The Kier molecular flexibility index (Phi) is 6.06. The van der Waals surface area contributed by atoms with E-state index in [1.807, 2.05) is 12.1 Å². The molecule has 4 rings (SSSR count). The van der Waals surface area contributed by atoms with Crippen molar-refractivity contribution in [3.63, 3.8) is 0 Å². The summed E-state index contributed by atoms with van der Waals surface area (Å²) in [7, 11) is 0. The van der Waals surface area contributed by atoms with Gasteiger partial charge in [0.15, 0.2) is 0 Å². The molecule has 3 unspecified atom stereocenters. The summed E-state index contributed by atoms with van der Waals surface area (Å²) in [5.41, 5.74) is 3.25. The highest BCUT2D eigenvalue weighted by atomic mass is 32.2. The SMILES string of the molecule is OCC1O[C@@H](Sc2cccc(C3CCCc4ccccc43)c2)C(O)[C@@H](O)[C@@H]1O. The quantitative estimate of drug-likeness (QED) is 0.626. The lowest BCUT2D eigenvalue weighted by Crippen LogP contribution is -2.57. The topological polar surface area (TPSA) is 90.2 Å². The van der Waals surface area contributed by atoms with Crippen molar-refractivity contribution in [1.82, 2.24) is 0 Å². The minimum atomic E-state index is -1.35. The van der Waals surface area contributed by atoms with Crippen LogP contribution in [0.4, 0.5) is 0 Å². The normalized spacial score (nSPS) is 32.7. The Morgan fingerprint density at radius 3 is 2.61 bits per heavy atom. The van der Waals surface area contributed by atoms with Crippen LogP contribution in [0.25, 0.3) is 0 Å². The Bertz CT molecular complexity index is 811. The molecule has 1 aliphatic carbocycles. The van der Waals surface area contributed by atoms with E-state index in [0.717, 1.165) is 24.2 Å². The summed E-state index contributed by atoms with van der Waals surface area (Å²) in [5, 5.41) is 39.6. The zero-order chi connectivity index (χ0) is 19.7. The van der Waals surface area contributed by atoms with Crippen LogP contribution < -0.4 is 0 Å². The maximum Gasteiger partial charge on any atom is 0.136 e. The van der Waals surface area contributed by atoms with Gasteiger partial charge >= 0.3 is 0 Å². The fourth-order valence-electron chi connectivity index (χ4n) is 4.20. The molecular weight excluding hydrogens is 376 g/mol. The fraction of sp³-hybridized carbons (Fsp3) is 0.455. The monoisotopic (exact) mass is 402 g/mol. The highest BCUT2D eigenvalue weighted by Crippen LogP contribution is 2.39. The second-order valence-electron chi connectivity index (χ2n) is 7.53. The van der Waals surface area contributed by atoms with Gasteiger partial charge in [-0.1, -0.05) is 48.2 Å². The minimum Gasteiger partial charge on any atom is -0.394 e. The third-order valence-electron chi connectivity index (χ3n) is 5.73. The van der Waals surface area contributed by atoms with E-state index in [1.54, 1.807) is 0 Å². The van der Waals surface area contributed by atoms with Crippen molar-refractivity contribution in [3.8, 4) is 0 Å². The molecule has 6 heteroatoms. The van der Waals surface area contributed by atoms with E-state index in [4.69, 9.17) is 4.74 Å². The second kappa shape index (κ2) is 8.53. The highest BCUT2D eigenvalue weighted by molar-refractivity contribution is 7.99. The molecule has 5 nitrogen and oxygen atoms in total. The molecule has 1 aliphatic heterocycles. The van der Waals surface area contributed by atoms with Gasteiger partial charge in [-0.3, -0.25) is 0 Å². The second-order valence-corrected chi connectivity index (χ2v) is 8.70. The number of benzene rings is 2. The first-order valence-corrected chi connectivity index (χ1v) is 10.6. The summed E-state index contributed by atoms with van der Waals surface area (Å²) in [6, 6.07) is 16.8. The number of rotatable bonds is 4. The van der Waals surface area contributed by atoms with Crippen molar-refractivity contribution in [3.05, 3.63) is 65.2 Å². The molecular formula is C22H26O5S. The summed E-state index contributed by atoms with van der Waals surface area (Å²) in [6.45, 7) is -0.416. The number of hydrogen-bond acceptors (Lipinski definition) is 6. The van der Waals surface area contributed by atoms with E-state index >= 15 is 0 Å². The summed E-state index contributed by atoms with van der Waals surface area (Å²) in [5.74, 6) is 0.348. The predicted molar refractivity (Wildman–Crippen MR) is 107 cm³/mol. The molecule has 2 aliphatic rings. The van der Waals surface area contributed by atoms with Crippen LogP contribution >= 0.6 is 11.8 Å². The van der Waals surface area contributed by atoms with E-state index in [1.165, 1.54) is 28.5 Å². The standard InChI is InChI=1S/C22H26O5S/c23-12-18-19(24)20(25)21(26)22(27-18)28-15-8-3-7-14(11-15)17-10-4-6-13-5-1-2-9-16(13)17/h1-3,5,7-9,11,17-26H,4,6,10,12H2/t17?,18?,19-,20+,21?,22+/m1/s1. The maximum absolute atomic E-state index is 10.3. The van der Waals surface area contributed by atoms with Gasteiger partial charge in [0.25, 0.3) is 0 Å². The van der Waals surface area contributed by atoms with Crippen LogP contribution in [0.2, 0.25) is 0 Å². The fourth-order valence-corrected chi connectivity index (χ4v) is 5.33. The molecule has 0 aromatic heterocycles. The number of hydrogen-bond donors (Lipinski definition) is 4. The minimum absolute atomic E-state index is 0.348. The molecule has 0 spiro atoms. The first-order chi connectivity index (χ1) is 13.6. The molecule has 0 radical (unpaired) electrons. The predicted octanol–water partition coefficient (Wildman–Crippen LogP) is 2.05. The van der Waals surface area contributed by atoms with Crippen LogP contribution in [0.3, 0.4) is 0 Å². The molecule has 4 N–H and O–H groups in total. The third-order valence-corrected chi connectivity index (χ3v) is 6.88. The molecule has 1 fully saturated rings. The third kappa shape index (κ3) is 3.85. The van der Waals surface area contributed by atoms with Crippen molar-refractivity contribution in [2.45, 2.75) is 59.9 Å². The Labute approximate surface area is 169 Å². The molecule has 2 aromatic rings. The lowest BCUT2D eigenvalue weighted by molar-refractivity contribution is -0.205. The Balaban J connectivity index is 1.55. The van der Waals surface area contributed by atoms with E-state index in [0.29, 0.717) is 5.92 Å². The Morgan fingerprint density at radius 2 is 1.79 bits per heavy atom. The number of ether oxygens (including phenoxy) is 1.